The van der Waals surface area contributed by atoms with Crippen molar-refractivity contribution in [1.29, 1.82) is 0 Å². The molecule has 0 bridgehead atoms. The summed E-state index contributed by atoms with van der Waals surface area (Å²) >= 11 is 0. The van der Waals surface area contributed by atoms with E-state index < -0.39 is 22.7 Å². The summed E-state index contributed by atoms with van der Waals surface area (Å²) in [5.41, 5.74) is 0. The normalized spacial score (nSPS) is 11.4. The van der Waals surface area contributed by atoms with Gasteiger partial charge in [-0.1, -0.05) is 0 Å². The number of rotatable bonds is 1. The first-order valence-corrected chi connectivity index (χ1v) is 3.55. The minimum absolute atomic E-state index is 0. The Bertz CT molecular complexity index is 202. The summed E-state index contributed by atoms with van der Waals surface area (Å²) in [5.74, 6) is -4.08. The summed E-state index contributed by atoms with van der Waals surface area (Å²) in [6.07, 6.45) is -3.65. The Morgan fingerprint density at radius 2 is 1.31 bits per heavy atom. The molecule has 10 heteroatoms. The molecule has 0 radical (unpaired) electrons. The molecule has 2 N–H and O–H groups in total. The van der Waals surface area contributed by atoms with Crippen LogP contribution in [0.4, 0.5) is 17.6 Å². The Balaban J connectivity index is -0.000000150. The fourth-order valence-corrected chi connectivity index (χ4v) is 0. The van der Waals surface area contributed by atoms with Crippen LogP contribution in [0.15, 0.2) is 0 Å². The van der Waals surface area contributed by atoms with Crippen molar-refractivity contribution in [3.63, 3.8) is 0 Å². The van der Waals surface area contributed by atoms with Crippen LogP contribution in [-0.4, -0.2) is 29.9 Å². The Hall–Kier alpha value is 0.187. The van der Waals surface area contributed by atoms with E-state index in [0.29, 0.717) is 0 Å². The molecule has 0 aliphatic rings. The van der Waals surface area contributed by atoms with Crippen molar-refractivity contribution in [2.24, 2.45) is 0 Å². The van der Waals surface area contributed by atoms with E-state index in [9.17, 15) is 17.6 Å². The largest absolute Gasteiger partial charge is 1.00 e. The minimum atomic E-state index is -4.67. The van der Waals surface area contributed by atoms with Gasteiger partial charge in [0.05, 0.1) is 0 Å². The molecule has 4 nitrogen and oxygen atoms in total. The first-order valence-electron chi connectivity index (χ1n) is 2.16. The zero-order chi connectivity index (χ0) is 10.6. The molecule has 0 aliphatic carbocycles. The Kier molecular flexibility index (Phi) is 9.60. The summed E-state index contributed by atoms with van der Waals surface area (Å²) in [5, 5.41) is 0. The van der Waals surface area contributed by atoms with Crippen LogP contribution >= 0.6 is 0 Å². The van der Waals surface area contributed by atoms with E-state index in [1.807, 2.05) is 6.92 Å². The minimum Gasteiger partial charge on any atom is -0.268 e. The first-order chi connectivity index (χ1) is 4.94. The van der Waals surface area contributed by atoms with Crippen LogP contribution in [-0.2, 0) is 10.4 Å². The van der Waals surface area contributed by atoms with Gasteiger partial charge in [0.2, 0.25) is 0 Å². The van der Waals surface area contributed by atoms with Crippen LogP contribution in [0.3, 0.4) is 0 Å². The molecule has 76 valence electrons. The summed E-state index contributed by atoms with van der Waals surface area (Å²) in [4.78, 5) is 0. The smallest absolute Gasteiger partial charge is 0.268 e. The van der Waals surface area contributed by atoms with Gasteiger partial charge in [-0.05, 0) is 0 Å². The molecule has 0 aromatic rings. The van der Waals surface area contributed by atoms with E-state index in [1.165, 1.54) is 0 Å². The van der Waals surface area contributed by atoms with Gasteiger partial charge >= 0.3 is 29.3 Å². The van der Waals surface area contributed by atoms with Gasteiger partial charge in [0.15, 0.2) is 5.92 Å². The molecule has 0 saturated heterocycles. The van der Waals surface area contributed by atoms with Crippen molar-refractivity contribution in [2.75, 3.05) is 0 Å². The van der Waals surface area contributed by atoms with Crippen LogP contribution in [0, 0.1) is 6.92 Å². The molecule has 0 spiro atoms. The van der Waals surface area contributed by atoms with Crippen LogP contribution in [0.25, 0.3) is 0 Å². The van der Waals surface area contributed by atoms with Gasteiger partial charge in [-0.15, -0.1) is 0 Å². The van der Waals surface area contributed by atoms with Crippen molar-refractivity contribution in [3.05, 3.63) is 6.92 Å². The van der Waals surface area contributed by atoms with Gasteiger partial charge in [0, 0.05) is 0 Å². The molecular formula is C3H5F4LiO4S. The molecule has 0 aromatic heterocycles. The van der Waals surface area contributed by atoms with Crippen LogP contribution in [0.5, 0.6) is 0 Å². The number of hydrogen-bond acceptors (Lipinski definition) is 2. The summed E-state index contributed by atoms with van der Waals surface area (Å²) in [6.45, 7) is 1.89. The average Bonchev–Trinajstić information content (AvgIpc) is 1.55. The van der Waals surface area contributed by atoms with E-state index in [2.05, 4.69) is 0 Å². The van der Waals surface area contributed by atoms with Gasteiger partial charge in [0.25, 0.3) is 6.43 Å². The van der Waals surface area contributed by atoms with Crippen molar-refractivity contribution in [2.45, 2.75) is 12.3 Å². The quantitative estimate of drug-likeness (QED) is 0.233. The predicted molar refractivity (Wildman–Crippen MR) is 30.5 cm³/mol. The van der Waals surface area contributed by atoms with Crippen molar-refractivity contribution in [3.8, 4) is 0 Å². The molecule has 0 atom stereocenters. The van der Waals surface area contributed by atoms with E-state index >= 15 is 0 Å². The van der Waals surface area contributed by atoms with Gasteiger partial charge in [-0.3, -0.25) is 16.0 Å². The maximum absolute atomic E-state index is 11.0. The standard InChI is InChI=1S/C3H3F4.Li.H2O4S/c1-3(6,7)2(4)5;;1-5(2,3)4/h2H,1H2;;(H2,1,2,3,4)/q-1;+1;. The fraction of sp³-hybridized carbons (Fsp3) is 0.667. The number of hydrogen-bond donors (Lipinski definition) is 2. The Morgan fingerprint density at radius 1 is 1.23 bits per heavy atom. The van der Waals surface area contributed by atoms with Crippen LogP contribution < -0.4 is 18.9 Å². The van der Waals surface area contributed by atoms with Gasteiger partial charge in [-0.25, -0.2) is 17.6 Å². The molecule has 0 unspecified atom stereocenters. The summed E-state index contributed by atoms with van der Waals surface area (Å²) in [6, 6.07) is 0. The zero-order valence-electron chi connectivity index (χ0n) is 6.42. The third-order valence-electron chi connectivity index (χ3n) is 0.319. The van der Waals surface area contributed by atoms with E-state index in [-0.39, 0.29) is 18.9 Å². The monoisotopic (exact) mass is 220 g/mol. The number of halogens is 4. The van der Waals surface area contributed by atoms with Crippen molar-refractivity contribution in [1.82, 2.24) is 0 Å². The zero-order valence-corrected chi connectivity index (χ0v) is 7.23. The van der Waals surface area contributed by atoms with Gasteiger partial charge < -0.3 is 0 Å². The average molecular weight is 220 g/mol. The van der Waals surface area contributed by atoms with Crippen molar-refractivity contribution < 1.29 is 53.9 Å². The maximum Gasteiger partial charge on any atom is 1.00 e. The van der Waals surface area contributed by atoms with Crippen LogP contribution in [0.2, 0.25) is 0 Å². The SMILES string of the molecule is O=S(=O)(O)O.[CH2-]C(F)(F)C(F)F.[Li+]. The first kappa shape index (κ1) is 18.9. The molecular weight excluding hydrogens is 215 g/mol. The maximum atomic E-state index is 11.0. The topological polar surface area (TPSA) is 74.6 Å². The van der Waals surface area contributed by atoms with Gasteiger partial charge in [-0.2, -0.15) is 8.42 Å². The summed E-state index contributed by atoms with van der Waals surface area (Å²) in [7, 11) is -4.67. The van der Waals surface area contributed by atoms with Gasteiger partial charge in [0.1, 0.15) is 0 Å². The Labute approximate surface area is 84.1 Å². The van der Waals surface area contributed by atoms with Crippen LogP contribution in [0.1, 0.15) is 0 Å². The Morgan fingerprint density at radius 3 is 1.31 bits per heavy atom. The predicted octanol–water partition coefficient (Wildman–Crippen LogP) is -1.93. The second kappa shape index (κ2) is 6.61. The fourth-order valence-electron chi connectivity index (χ4n) is 0. The van der Waals surface area contributed by atoms with E-state index in [1.54, 1.807) is 0 Å². The summed E-state index contributed by atoms with van der Waals surface area (Å²) < 4.78 is 75.0. The third kappa shape index (κ3) is 33.0. The molecule has 0 aliphatic heterocycles. The molecule has 0 rings (SSSR count). The molecule has 0 saturated carbocycles. The molecule has 13 heavy (non-hydrogen) atoms. The van der Waals surface area contributed by atoms with E-state index in [0.717, 1.165) is 0 Å². The molecule has 0 fully saturated rings. The van der Waals surface area contributed by atoms with Crippen molar-refractivity contribution >= 4 is 10.4 Å². The van der Waals surface area contributed by atoms with E-state index in [4.69, 9.17) is 17.5 Å². The molecule has 0 heterocycles. The second-order valence-corrected chi connectivity index (χ2v) is 2.41. The molecule has 0 amide bonds. The second-order valence-electron chi connectivity index (χ2n) is 1.51. The number of alkyl halides is 4. The third-order valence-corrected chi connectivity index (χ3v) is 0.319. The molecule has 0 aromatic carbocycles.